The maximum atomic E-state index is 12.0. The summed E-state index contributed by atoms with van der Waals surface area (Å²) in [5.74, 6) is -0.442. The van der Waals surface area contributed by atoms with Gasteiger partial charge in [0.15, 0.2) is 0 Å². The zero-order valence-corrected chi connectivity index (χ0v) is 27.4. The molecule has 8 nitrogen and oxygen atoms in total. The van der Waals surface area contributed by atoms with Gasteiger partial charge in [-0.2, -0.15) is 0 Å². The Kier molecular flexibility index (Phi) is 30.6. The second kappa shape index (κ2) is 30.9. The van der Waals surface area contributed by atoms with E-state index in [1.54, 1.807) is 0 Å². The van der Waals surface area contributed by atoms with Crippen LogP contribution >= 0.6 is 7.82 Å². The van der Waals surface area contributed by atoms with Gasteiger partial charge in [0.05, 0.1) is 19.8 Å². The van der Waals surface area contributed by atoms with Crippen molar-refractivity contribution in [2.45, 2.75) is 174 Å². The lowest BCUT2D eigenvalue weighted by molar-refractivity contribution is -0.153. The fraction of sp³-hybridized carbons (Fsp3) is 0.969. The van der Waals surface area contributed by atoms with Gasteiger partial charge in [-0.05, 0) is 6.42 Å². The van der Waals surface area contributed by atoms with Gasteiger partial charge in [-0.25, -0.2) is 4.57 Å². The van der Waals surface area contributed by atoms with E-state index in [0.717, 1.165) is 19.3 Å². The monoisotopic (exact) mass is 607 g/mol. The lowest BCUT2D eigenvalue weighted by atomic mass is 10.0. The summed E-state index contributed by atoms with van der Waals surface area (Å²) in [5.41, 5.74) is 5.21. The summed E-state index contributed by atoms with van der Waals surface area (Å²) in [6, 6.07) is 0. The molecular weight excluding hydrogens is 541 g/mol. The van der Waals surface area contributed by atoms with Gasteiger partial charge in [-0.15, -0.1) is 0 Å². The van der Waals surface area contributed by atoms with Gasteiger partial charge in [0.2, 0.25) is 0 Å². The highest BCUT2D eigenvalue weighted by molar-refractivity contribution is 7.47. The van der Waals surface area contributed by atoms with Crippen molar-refractivity contribution in [3.8, 4) is 0 Å². The molecule has 0 heterocycles. The Morgan fingerprint density at radius 1 is 0.659 bits per heavy atom. The number of rotatable bonds is 33. The maximum Gasteiger partial charge on any atom is 0.472 e. The molecule has 0 fully saturated rings. The number of aliphatic hydroxyl groups is 1. The predicted molar refractivity (Wildman–Crippen MR) is 169 cm³/mol. The van der Waals surface area contributed by atoms with E-state index >= 15 is 0 Å². The minimum absolute atomic E-state index is 0.0753. The van der Waals surface area contributed by atoms with Crippen molar-refractivity contribution in [1.29, 1.82) is 0 Å². The largest absolute Gasteiger partial charge is 0.472 e. The first kappa shape index (κ1) is 40.5. The van der Waals surface area contributed by atoms with Crippen molar-refractivity contribution in [3.05, 3.63) is 0 Å². The van der Waals surface area contributed by atoms with Gasteiger partial charge >= 0.3 is 13.8 Å². The summed E-state index contributed by atoms with van der Waals surface area (Å²) in [6.45, 7) is 1.32. The first-order valence-corrected chi connectivity index (χ1v) is 18.6. The van der Waals surface area contributed by atoms with E-state index in [2.05, 4.69) is 11.4 Å². The van der Waals surface area contributed by atoms with Crippen LogP contribution in [0, 0.1) is 0 Å². The second-order valence-electron chi connectivity index (χ2n) is 11.6. The fourth-order valence-electron chi connectivity index (χ4n) is 4.98. The Morgan fingerprint density at radius 3 is 1.37 bits per heavy atom. The number of phosphoric acid groups is 1. The van der Waals surface area contributed by atoms with Gasteiger partial charge in [-0.3, -0.25) is 13.8 Å². The summed E-state index contributed by atoms with van der Waals surface area (Å²) >= 11 is 0. The molecule has 246 valence electrons. The maximum absolute atomic E-state index is 12.0. The first-order chi connectivity index (χ1) is 19.9. The average Bonchev–Trinajstić information content (AvgIpc) is 2.96. The van der Waals surface area contributed by atoms with Crippen LogP contribution in [0.4, 0.5) is 0 Å². The summed E-state index contributed by atoms with van der Waals surface area (Å²) in [4.78, 5) is 21.4. The number of hydrogen-bond acceptors (Lipinski definition) is 7. The zero-order chi connectivity index (χ0) is 30.3. The lowest BCUT2D eigenvalue weighted by Crippen LogP contribution is -2.27. The molecule has 4 N–H and O–H groups in total. The molecule has 9 heteroatoms. The van der Waals surface area contributed by atoms with Crippen LogP contribution < -0.4 is 5.73 Å². The molecule has 0 aliphatic heterocycles. The lowest BCUT2D eigenvalue weighted by Gasteiger charge is -2.17. The molecule has 0 radical (unpaired) electrons. The molecule has 0 rings (SSSR count). The number of aliphatic hydroxyl groups excluding tert-OH is 1. The van der Waals surface area contributed by atoms with Crippen LogP contribution in [0.1, 0.15) is 167 Å². The minimum Gasteiger partial charge on any atom is -0.457 e. The van der Waals surface area contributed by atoms with E-state index < -0.39 is 33.1 Å². The van der Waals surface area contributed by atoms with Gasteiger partial charge < -0.3 is 20.5 Å². The van der Waals surface area contributed by atoms with Crippen molar-refractivity contribution in [2.75, 3.05) is 26.4 Å². The predicted octanol–water partition coefficient (Wildman–Crippen LogP) is 8.76. The molecule has 0 aliphatic rings. The number of carbonyl (C=O) groups excluding carboxylic acids is 1. The van der Waals surface area contributed by atoms with Crippen LogP contribution in [-0.2, 0) is 23.1 Å². The van der Waals surface area contributed by atoms with Gasteiger partial charge in [-0.1, -0.05) is 155 Å². The van der Waals surface area contributed by atoms with Crippen molar-refractivity contribution < 1.29 is 33.1 Å². The SMILES string of the molecule is CCCCCCCCCCCCCCCCCCCCCCCCCCC(=O)O[C@H](CO)COP(=O)(O)OCCN. The number of unbranched alkanes of at least 4 members (excludes halogenated alkanes) is 23. The molecule has 0 bridgehead atoms. The molecule has 0 aromatic rings. The molecular formula is C32H66NO7P. The Hall–Kier alpha value is -0.500. The fourth-order valence-corrected chi connectivity index (χ4v) is 5.75. The first-order valence-electron chi connectivity index (χ1n) is 17.1. The molecule has 0 amide bonds. The van der Waals surface area contributed by atoms with Crippen molar-refractivity contribution >= 4 is 13.8 Å². The van der Waals surface area contributed by atoms with E-state index in [1.165, 1.54) is 135 Å². The van der Waals surface area contributed by atoms with Crippen molar-refractivity contribution in [3.63, 3.8) is 0 Å². The summed E-state index contributed by atoms with van der Waals surface area (Å²) < 4.78 is 26.1. The summed E-state index contributed by atoms with van der Waals surface area (Å²) in [5, 5.41) is 9.32. The quantitative estimate of drug-likeness (QED) is 0.0384. The van der Waals surface area contributed by atoms with Crippen LogP contribution in [0.5, 0.6) is 0 Å². The van der Waals surface area contributed by atoms with Crippen LogP contribution in [0.25, 0.3) is 0 Å². The van der Waals surface area contributed by atoms with Gasteiger partial charge in [0.1, 0.15) is 6.10 Å². The number of hydrogen-bond donors (Lipinski definition) is 3. The molecule has 0 saturated heterocycles. The van der Waals surface area contributed by atoms with Crippen LogP contribution in [-0.4, -0.2) is 48.4 Å². The van der Waals surface area contributed by atoms with E-state index in [0.29, 0.717) is 0 Å². The van der Waals surface area contributed by atoms with E-state index in [-0.39, 0.29) is 19.6 Å². The minimum atomic E-state index is -4.26. The average molecular weight is 608 g/mol. The van der Waals surface area contributed by atoms with Crippen LogP contribution in [0.3, 0.4) is 0 Å². The van der Waals surface area contributed by atoms with Crippen molar-refractivity contribution in [1.82, 2.24) is 0 Å². The van der Waals surface area contributed by atoms with Crippen LogP contribution in [0.15, 0.2) is 0 Å². The highest BCUT2D eigenvalue weighted by atomic mass is 31.2. The third-order valence-electron chi connectivity index (χ3n) is 7.53. The molecule has 0 aliphatic carbocycles. The number of esters is 1. The number of phosphoric ester groups is 1. The highest BCUT2D eigenvalue weighted by Crippen LogP contribution is 2.43. The second-order valence-corrected chi connectivity index (χ2v) is 13.0. The Balaban J connectivity index is 3.37. The molecule has 0 aromatic heterocycles. The standard InChI is InChI=1S/C32H66NO7P/c1-2-3-4-5-6-7-8-9-10-11-12-13-14-15-16-17-18-19-20-21-22-23-24-25-26-32(35)40-31(29-34)30-39-41(36,37)38-28-27-33/h31,34H,2-30,33H2,1H3,(H,36,37)/t31-/m1/s1. The normalized spacial score (nSPS) is 13.8. The summed E-state index contributed by atoms with van der Waals surface area (Å²) in [6.07, 6.45) is 31.2. The smallest absolute Gasteiger partial charge is 0.457 e. The Morgan fingerprint density at radius 2 is 1.02 bits per heavy atom. The topological polar surface area (TPSA) is 128 Å². The Bertz CT molecular complexity index is 609. The number of carbonyl (C=O) groups is 1. The molecule has 41 heavy (non-hydrogen) atoms. The third kappa shape index (κ3) is 30.8. The zero-order valence-electron chi connectivity index (χ0n) is 26.5. The molecule has 0 saturated carbocycles. The van der Waals surface area contributed by atoms with Crippen molar-refractivity contribution in [2.24, 2.45) is 5.73 Å². The molecule has 0 spiro atoms. The van der Waals surface area contributed by atoms with E-state index in [1.807, 2.05) is 0 Å². The number of nitrogens with two attached hydrogens (primary N) is 1. The van der Waals surface area contributed by atoms with E-state index in [4.69, 9.17) is 15.0 Å². The van der Waals surface area contributed by atoms with Crippen LogP contribution in [0.2, 0.25) is 0 Å². The third-order valence-corrected chi connectivity index (χ3v) is 8.52. The Labute approximate surface area is 252 Å². The molecule has 2 atom stereocenters. The summed E-state index contributed by atoms with van der Waals surface area (Å²) in [7, 11) is -4.26. The molecule has 1 unspecified atom stereocenters. The van der Waals surface area contributed by atoms with Gasteiger partial charge in [0.25, 0.3) is 0 Å². The molecule has 0 aromatic carbocycles. The van der Waals surface area contributed by atoms with E-state index in [9.17, 15) is 19.4 Å². The highest BCUT2D eigenvalue weighted by Gasteiger charge is 2.24. The van der Waals surface area contributed by atoms with Gasteiger partial charge in [0, 0.05) is 13.0 Å². The number of ether oxygens (including phenoxy) is 1.